The van der Waals surface area contributed by atoms with Crippen molar-refractivity contribution in [3.63, 3.8) is 0 Å². The third-order valence-corrected chi connectivity index (χ3v) is 5.01. The van der Waals surface area contributed by atoms with Gasteiger partial charge in [-0.15, -0.1) is 0 Å². The zero-order valence-corrected chi connectivity index (χ0v) is 18.9. The van der Waals surface area contributed by atoms with Crippen LogP contribution in [0.3, 0.4) is 0 Å². The maximum atomic E-state index is 12.0. The van der Waals surface area contributed by atoms with Crippen molar-refractivity contribution in [1.29, 1.82) is 0 Å². The standard InChI is InChI=1S/C24H34N4O4/c1-4-10-26-22(31)12-16-6-5-7-17(11-16)14-24(2,3)27-15-21(30)18-8-9-20(29)19(13-18)28-23(25)32/h5-9,11,13,21,27,29-30H,4,10,12,14-15H2,1-3H3,(H,26,31)(H3,25,28,32)/t21-/m0/s1. The number of β-amino-alcohol motifs (C(OH)–C–C–N with tert-alkyl or cyclic N) is 1. The van der Waals surface area contributed by atoms with Crippen LogP contribution in [-0.2, 0) is 17.6 Å². The van der Waals surface area contributed by atoms with E-state index in [9.17, 15) is 19.8 Å². The Hall–Kier alpha value is -3.10. The molecule has 2 rings (SSSR count). The van der Waals surface area contributed by atoms with Crippen LogP contribution in [0.25, 0.3) is 0 Å². The van der Waals surface area contributed by atoms with Crippen LogP contribution in [0.5, 0.6) is 5.75 Å². The molecule has 0 heterocycles. The second kappa shape index (κ2) is 11.5. The highest BCUT2D eigenvalue weighted by Gasteiger charge is 2.21. The molecule has 7 N–H and O–H groups in total. The summed E-state index contributed by atoms with van der Waals surface area (Å²) in [4.78, 5) is 23.1. The van der Waals surface area contributed by atoms with E-state index >= 15 is 0 Å². The number of phenols is 1. The van der Waals surface area contributed by atoms with Crippen LogP contribution in [0.4, 0.5) is 10.5 Å². The van der Waals surface area contributed by atoms with Crippen molar-refractivity contribution in [2.45, 2.75) is 51.7 Å². The van der Waals surface area contributed by atoms with Crippen molar-refractivity contribution in [1.82, 2.24) is 10.6 Å². The third-order valence-electron chi connectivity index (χ3n) is 5.01. The number of anilines is 1. The lowest BCUT2D eigenvalue weighted by atomic mass is 9.93. The number of nitrogens with two attached hydrogens (primary N) is 1. The number of phenolic OH excluding ortho intramolecular Hbond substituents is 1. The van der Waals surface area contributed by atoms with Gasteiger partial charge in [-0.3, -0.25) is 4.79 Å². The number of aliphatic hydroxyl groups excluding tert-OH is 1. The Morgan fingerprint density at radius 1 is 1.12 bits per heavy atom. The van der Waals surface area contributed by atoms with Crippen LogP contribution < -0.4 is 21.7 Å². The minimum Gasteiger partial charge on any atom is -0.506 e. The fourth-order valence-corrected chi connectivity index (χ4v) is 3.42. The molecule has 2 aromatic rings. The molecule has 0 aliphatic carbocycles. The van der Waals surface area contributed by atoms with E-state index in [0.29, 0.717) is 24.9 Å². The monoisotopic (exact) mass is 442 g/mol. The van der Waals surface area contributed by atoms with E-state index in [0.717, 1.165) is 17.5 Å². The first-order chi connectivity index (χ1) is 15.1. The van der Waals surface area contributed by atoms with Crippen molar-refractivity contribution in [3.8, 4) is 5.75 Å². The SMILES string of the molecule is CCCNC(=O)Cc1cccc(CC(C)(C)NC[C@H](O)c2ccc(O)c(NC(N)=O)c2)c1. The first-order valence-corrected chi connectivity index (χ1v) is 10.8. The number of hydrogen-bond donors (Lipinski definition) is 6. The zero-order valence-electron chi connectivity index (χ0n) is 18.9. The lowest BCUT2D eigenvalue weighted by molar-refractivity contribution is -0.120. The molecule has 0 aliphatic rings. The number of aliphatic hydroxyl groups is 1. The average Bonchev–Trinajstić information content (AvgIpc) is 2.71. The number of amides is 3. The Labute approximate surface area is 189 Å². The minimum atomic E-state index is -0.850. The quantitative estimate of drug-likeness (QED) is 0.297. The molecule has 2 aromatic carbocycles. The summed E-state index contributed by atoms with van der Waals surface area (Å²) < 4.78 is 0. The van der Waals surface area contributed by atoms with Gasteiger partial charge in [-0.05, 0) is 55.5 Å². The summed E-state index contributed by atoms with van der Waals surface area (Å²) >= 11 is 0. The molecule has 174 valence electrons. The van der Waals surface area contributed by atoms with Crippen molar-refractivity contribution >= 4 is 17.6 Å². The number of benzene rings is 2. The molecular formula is C24H34N4O4. The molecule has 0 aliphatic heterocycles. The molecule has 8 heteroatoms. The summed E-state index contributed by atoms with van der Waals surface area (Å²) in [5.41, 5.74) is 7.52. The lowest BCUT2D eigenvalue weighted by Gasteiger charge is -2.28. The summed E-state index contributed by atoms with van der Waals surface area (Å²) in [5, 5.41) is 29.0. The molecule has 0 unspecified atom stereocenters. The van der Waals surface area contributed by atoms with Gasteiger partial charge in [0.25, 0.3) is 0 Å². The summed E-state index contributed by atoms with van der Waals surface area (Å²) in [6.07, 6.45) is 1.11. The van der Waals surface area contributed by atoms with Crippen molar-refractivity contribution in [2.24, 2.45) is 5.73 Å². The van der Waals surface area contributed by atoms with Gasteiger partial charge in [0.2, 0.25) is 5.91 Å². The summed E-state index contributed by atoms with van der Waals surface area (Å²) in [6, 6.07) is 11.6. The number of carbonyl (C=O) groups is 2. The number of rotatable bonds is 11. The maximum absolute atomic E-state index is 12.0. The van der Waals surface area contributed by atoms with Gasteiger partial charge in [0.1, 0.15) is 5.75 Å². The Morgan fingerprint density at radius 2 is 1.84 bits per heavy atom. The molecule has 0 saturated carbocycles. The van der Waals surface area contributed by atoms with Gasteiger partial charge in [0, 0.05) is 18.6 Å². The second-order valence-corrected chi connectivity index (χ2v) is 8.57. The fourth-order valence-electron chi connectivity index (χ4n) is 3.42. The molecule has 1 atom stereocenters. The van der Waals surface area contributed by atoms with Crippen molar-refractivity contribution in [3.05, 3.63) is 59.2 Å². The number of hydrogen-bond acceptors (Lipinski definition) is 5. The summed E-state index contributed by atoms with van der Waals surface area (Å²) in [5.74, 6) is -0.111. The highest BCUT2D eigenvalue weighted by atomic mass is 16.3. The fraction of sp³-hybridized carbons (Fsp3) is 0.417. The Morgan fingerprint density at radius 3 is 2.53 bits per heavy atom. The van der Waals surface area contributed by atoms with E-state index in [1.54, 1.807) is 6.07 Å². The smallest absolute Gasteiger partial charge is 0.316 e. The van der Waals surface area contributed by atoms with E-state index < -0.39 is 12.1 Å². The summed E-state index contributed by atoms with van der Waals surface area (Å²) in [6.45, 7) is 7.05. The number of urea groups is 1. The maximum Gasteiger partial charge on any atom is 0.316 e. The van der Waals surface area contributed by atoms with Gasteiger partial charge < -0.3 is 31.9 Å². The molecular weight excluding hydrogens is 408 g/mol. The van der Waals surface area contributed by atoms with E-state index in [2.05, 4.69) is 16.0 Å². The molecule has 0 spiro atoms. The normalized spacial score (nSPS) is 12.2. The number of aromatic hydroxyl groups is 1. The molecule has 0 bridgehead atoms. The highest BCUT2D eigenvalue weighted by molar-refractivity contribution is 5.89. The topological polar surface area (TPSA) is 137 Å². The van der Waals surface area contributed by atoms with Gasteiger partial charge in [0.05, 0.1) is 18.2 Å². The van der Waals surface area contributed by atoms with Gasteiger partial charge in [-0.1, -0.05) is 37.3 Å². The molecule has 0 fully saturated rings. The second-order valence-electron chi connectivity index (χ2n) is 8.57. The molecule has 3 amide bonds. The first kappa shape index (κ1) is 25.2. The first-order valence-electron chi connectivity index (χ1n) is 10.8. The number of carbonyl (C=O) groups excluding carboxylic acids is 2. The van der Waals surface area contributed by atoms with Crippen LogP contribution in [0.15, 0.2) is 42.5 Å². The minimum absolute atomic E-state index is 0.0172. The average molecular weight is 443 g/mol. The van der Waals surface area contributed by atoms with Gasteiger partial charge in [0.15, 0.2) is 0 Å². The summed E-state index contributed by atoms with van der Waals surface area (Å²) in [7, 11) is 0. The van der Waals surface area contributed by atoms with Gasteiger partial charge in [-0.25, -0.2) is 4.79 Å². The van der Waals surface area contributed by atoms with E-state index in [1.165, 1.54) is 12.1 Å². The van der Waals surface area contributed by atoms with Crippen LogP contribution >= 0.6 is 0 Å². The van der Waals surface area contributed by atoms with Crippen molar-refractivity contribution < 1.29 is 19.8 Å². The molecule has 0 radical (unpaired) electrons. The Bertz CT molecular complexity index is 930. The predicted octanol–water partition coefficient (Wildman–Crippen LogP) is 2.60. The Kier molecular flexibility index (Phi) is 9.04. The largest absolute Gasteiger partial charge is 0.506 e. The van der Waals surface area contributed by atoms with Crippen LogP contribution in [0.1, 0.15) is 50.0 Å². The Balaban J connectivity index is 1.97. The number of primary amides is 1. The van der Waals surface area contributed by atoms with Crippen LogP contribution in [0, 0.1) is 0 Å². The highest BCUT2D eigenvalue weighted by Crippen LogP contribution is 2.27. The predicted molar refractivity (Wildman–Crippen MR) is 126 cm³/mol. The van der Waals surface area contributed by atoms with E-state index in [1.807, 2.05) is 45.0 Å². The van der Waals surface area contributed by atoms with Gasteiger partial charge in [-0.2, -0.15) is 0 Å². The van der Waals surface area contributed by atoms with Gasteiger partial charge >= 0.3 is 6.03 Å². The van der Waals surface area contributed by atoms with E-state index in [4.69, 9.17) is 5.73 Å². The molecule has 8 nitrogen and oxygen atoms in total. The van der Waals surface area contributed by atoms with Crippen LogP contribution in [-0.4, -0.2) is 40.8 Å². The molecule has 32 heavy (non-hydrogen) atoms. The molecule has 0 saturated heterocycles. The molecule has 0 aromatic heterocycles. The van der Waals surface area contributed by atoms with Crippen molar-refractivity contribution in [2.75, 3.05) is 18.4 Å². The zero-order chi connectivity index (χ0) is 23.7. The third kappa shape index (κ3) is 8.20. The lowest BCUT2D eigenvalue weighted by Crippen LogP contribution is -2.43. The number of nitrogens with one attached hydrogen (secondary N) is 3. The van der Waals surface area contributed by atoms with E-state index in [-0.39, 0.29) is 29.4 Å². The van der Waals surface area contributed by atoms with Crippen LogP contribution in [0.2, 0.25) is 0 Å².